The summed E-state index contributed by atoms with van der Waals surface area (Å²) in [6, 6.07) is 4.86. The van der Waals surface area contributed by atoms with E-state index >= 15 is 0 Å². The summed E-state index contributed by atoms with van der Waals surface area (Å²) in [6.45, 7) is 1.28. The van der Waals surface area contributed by atoms with Gasteiger partial charge in [0.25, 0.3) is 6.43 Å². The van der Waals surface area contributed by atoms with Crippen molar-refractivity contribution in [3.05, 3.63) is 28.2 Å². The van der Waals surface area contributed by atoms with Crippen LogP contribution in [0.1, 0.15) is 12.5 Å². The Morgan fingerprint density at radius 3 is 2.53 bits per heavy atom. The van der Waals surface area contributed by atoms with Crippen molar-refractivity contribution in [3.8, 4) is 5.75 Å². The fourth-order valence-electron chi connectivity index (χ4n) is 1.22. The molecular formula is C10H12BrF2NO. The first-order valence-corrected chi connectivity index (χ1v) is 5.10. The zero-order valence-electron chi connectivity index (χ0n) is 8.43. The van der Waals surface area contributed by atoms with E-state index in [2.05, 4.69) is 15.9 Å². The van der Waals surface area contributed by atoms with Gasteiger partial charge in [-0.3, -0.25) is 0 Å². The number of methoxy groups -OCH3 is 1. The minimum absolute atomic E-state index is 0.286. The molecule has 0 aliphatic carbocycles. The summed E-state index contributed by atoms with van der Waals surface area (Å²) < 4.78 is 31.2. The Hall–Kier alpha value is -0.680. The van der Waals surface area contributed by atoms with Crippen LogP contribution in [0.4, 0.5) is 8.78 Å². The van der Waals surface area contributed by atoms with Gasteiger partial charge in [-0.15, -0.1) is 0 Å². The third kappa shape index (κ3) is 2.46. The highest BCUT2D eigenvalue weighted by molar-refractivity contribution is 9.10. The van der Waals surface area contributed by atoms with Crippen LogP contribution in [0.3, 0.4) is 0 Å². The second-order valence-corrected chi connectivity index (χ2v) is 4.34. The molecule has 84 valence electrons. The fourth-order valence-corrected chi connectivity index (χ4v) is 1.58. The van der Waals surface area contributed by atoms with Gasteiger partial charge in [-0.1, -0.05) is 15.9 Å². The van der Waals surface area contributed by atoms with Crippen molar-refractivity contribution in [2.75, 3.05) is 7.11 Å². The molecule has 1 aromatic rings. The highest BCUT2D eigenvalue weighted by Crippen LogP contribution is 2.34. The molecule has 2 nitrogen and oxygen atoms in total. The van der Waals surface area contributed by atoms with Gasteiger partial charge in [-0.25, -0.2) is 8.78 Å². The minimum Gasteiger partial charge on any atom is -0.496 e. The summed E-state index contributed by atoms with van der Waals surface area (Å²) in [7, 11) is 1.42. The molecule has 0 saturated heterocycles. The number of nitrogens with two attached hydrogens (primary N) is 1. The Balaban J connectivity index is 3.28. The smallest absolute Gasteiger partial charge is 0.260 e. The van der Waals surface area contributed by atoms with Crippen molar-refractivity contribution >= 4 is 15.9 Å². The first kappa shape index (κ1) is 12.4. The molecule has 15 heavy (non-hydrogen) atoms. The van der Waals surface area contributed by atoms with E-state index in [0.29, 0.717) is 10.2 Å². The maximum atomic E-state index is 12.8. The van der Waals surface area contributed by atoms with Crippen LogP contribution >= 0.6 is 15.9 Å². The van der Waals surface area contributed by atoms with Gasteiger partial charge in [-0.05, 0) is 25.1 Å². The summed E-state index contributed by atoms with van der Waals surface area (Å²) in [5, 5.41) is 0. The van der Waals surface area contributed by atoms with Gasteiger partial charge in [0.15, 0.2) is 0 Å². The van der Waals surface area contributed by atoms with E-state index in [9.17, 15) is 8.78 Å². The lowest BCUT2D eigenvalue weighted by atomic mass is 9.93. The quantitative estimate of drug-likeness (QED) is 0.924. The molecule has 5 heteroatoms. The van der Waals surface area contributed by atoms with Gasteiger partial charge in [0.05, 0.1) is 7.11 Å². The molecule has 1 rings (SSSR count). The Morgan fingerprint density at radius 1 is 1.47 bits per heavy atom. The Morgan fingerprint density at radius 2 is 2.07 bits per heavy atom. The summed E-state index contributed by atoms with van der Waals surface area (Å²) >= 11 is 3.21. The van der Waals surface area contributed by atoms with E-state index in [-0.39, 0.29) is 5.56 Å². The lowest BCUT2D eigenvalue weighted by Crippen LogP contribution is -2.40. The normalized spacial score (nSPS) is 15.1. The van der Waals surface area contributed by atoms with Gasteiger partial charge in [0.1, 0.15) is 11.3 Å². The van der Waals surface area contributed by atoms with E-state index in [0.717, 1.165) is 0 Å². The number of hydrogen-bond acceptors (Lipinski definition) is 2. The SMILES string of the molecule is COc1ccc(Br)cc1C(C)(N)C(F)F. The molecule has 0 radical (unpaired) electrons. The van der Waals surface area contributed by atoms with Crippen LogP contribution in [-0.4, -0.2) is 13.5 Å². The van der Waals surface area contributed by atoms with E-state index < -0.39 is 12.0 Å². The van der Waals surface area contributed by atoms with Crippen molar-refractivity contribution in [2.45, 2.75) is 18.9 Å². The molecule has 0 fully saturated rings. The molecule has 1 unspecified atom stereocenters. The van der Waals surface area contributed by atoms with Crippen LogP contribution in [-0.2, 0) is 5.54 Å². The number of halogens is 3. The zero-order valence-corrected chi connectivity index (χ0v) is 10.0. The third-order valence-corrected chi connectivity index (χ3v) is 2.69. The molecule has 1 atom stereocenters. The topological polar surface area (TPSA) is 35.2 Å². The van der Waals surface area contributed by atoms with E-state index in [4.69, 9.17) is 10.5 Å². The lowest BCUT2D eigenvalue weighted by Gasteiger charge is -2.26. The highest BCUT2D eigenvalue weighted by atomic mass is 79.9. The summed E-state index contributed by atoms with van der Waals surface area (Å²) in [5.74, 6) is 0.364. The van der Waals surface area contributed by atoms with E-state index in [1.165, 1.54) is 14.0 Å². The van der Waals surface area contributed by atoms with Crippen molar-refractivity contribution in [1.29, 1.82) is 0 Å². The molecule has 0 heterocycles. The summed E-state index contributed by atoms with van der Waals surface area (Å²) in [6.07, 6.45) is -2.65. The van der Waals surface area contributed by atoms with Gasteiger partial charge >= 0.3 is 0 Å². The van der Waals surface area contributed by atoms with Crippen LogP contribution in [0.15, 0.2) is 22.7 Å². The van der Waals surface area contributed by atoms with Crippen LogP contribution in [0, 0.1) is 0 Å². The molecule has 2 N–H and O–H groups in total. The van der Waals surface area contributed by atoms with Crippen molar-refractivity contribution in [2.24, 2.45) is 5.73 Å². The monoisotopic (exact) mass is 279 g/mol. The second-order valence-electron chi connectivity index (χ2n) is 3.43. The average molecular weight is 280 g/mol. The van der Waals surface area contributed by atoms with E-state index in [1.807, 2.05) is 0 Å². The summed E-state index contributed by atoms with van der Waals surface area (Å²) in [4.78, 5) is 0. The predicted molar refractivity (Wildman–Crippen MR) is 58.2 cm³/mol. The van der Waals surface area contributed by atoms with Crippen LogP contribution in [0.5, 0.6) is 5.75 Å². The molecule has 0 aromatic heterocycles. The lowest BCUT2D eigenvalue weighted by molar-refractivity contribution is 0.0610. The predicted octanol–water partition coefficient (Wildman–Crippen LogP) is 2.90. The zero-order chi connectivity index (χ0) is 11.6. The summed E-state index contributed by atoms with van der Waals surface area (Å²) in [5.41, 5.74) is 4.15. The first-order chi connectivity index (χ1) is 6.89. The third-order valence-electron chi connectivity index (χ3n) is 2.20. The molecule has 1 aromatic carbocycles. The maximum Gasteiger partial charge on any atom is 0.260 e. The molecular weight excluding hydrogens is 268 g/mol. The Bertz CT molecular complexity index is 355. The molecule has 0 aliphatic rings. The minimum atomic E-state index is -2.65. The Kier molecular flexibility index (Phi) is 3.67. The van der Waals surface area contributed by atoms with Crippen molar-refractivity contribution < 1.29 is 13.5 Å². The number of alkyl halides is 2. The molecule has 0 saturated carbocycles. The number of benzene rings is 1. The van der Waals surface area contributed by atoms with Gasteiger partial charge in [0, 0.05) is 10.0 Å². The van der Waals surface area contributed by atoms with Gasteiger partial charge in [0.2, 0.25) is 0 Å². The van der Waals surface area contributed by atoms with Gasteiger partial charge < -0.3 is 10.5 Å². The number of rotatable bonds is 3. The van der Waals surface area contributed by atoms with Crippen molar-refractivity contribution in [3.63, 3.8) is 0 Å². The first-order valence-electron chi connectivity index (χ1n) is 4.30. The largest absolute Gasteiger partial charge is 0.496 e. The maximum absolute atomic E-state index is 12.8. The van der Waals surface area contributed by atoms with Crippen LogP contribution < -0.4 is 10.5 Å². The number of ether oxygens (including phenoxy) is 1. The van der Waals surface area contributed by atoms with Crippen LogP contribution in [0.25, 0.3) is 0 Å². The van der Waals surface area contributed by atoms with E-state index in [1.54, 1.807) is 18.2 Å². The number of hydrogen-bond donors (Lipinski definition) is 1. The molecule has 0 aliphatic heterocycles. The standard InChI is InChI=1S/C10H12BrF2NO/c1-10(14,9(12)13)7-5-6(11)3-4-8(7)15-2/h3-5,9H,14H2,1-2H3. The average Bonchev–Trinajstić information content (AvgIpc) is 2.17. The molecule has 0 amide bonds. The molecule has 0 bridgehead atoms. The van der Waals surface area contributed by atoms with Gasteiger partial charge in [-0.2, -0.15) is 0 Å². The Labute approximate surface area is 95.5 Å². The fraction of sp³-hybridized carbons (Fsp3) is 0.400. The highest BCUT2D eigenvalue weighted by Gasteiger charge is 2.35. The van der Waals surface area contributed by atoms with Crippen molar-refractivity contribution in [1.82, 2.24) is 0 Å². The second kappa shape index (κ2) is 4.45. The van der Waals surface area contributed by atoms with Crippen LogP contribution in [0.2, 0.25) is 0 Å². The molecule has 0 spiro atoms.